The first-order valence-electron chi connectivity index (χ1n) is 6.72. The van der Waals surface area contributed by atoms with Gasteiger partial charge in [-0.3, -0.25) is 0 Å². The van der Waals surface area contributed by atoms with Gasteiger partial charge in [-0.15, -0.1) is 0 Å². The Morgan fingerprint density at radius 1 is 1.47 bits per heavy atom. The molecule has 3 nitrogen and oxygen atoms in total. The summed E-state index contributed by atoms with van der Waals surface area (Å²) in [7, 11) is 0. The minimum absolute atomic E-state index is 0.0872. The summed E-state index contributed by atoms with van der Waals surface area (Å²) in [4.78, 5) is 11.8. The van der Waals surface area contributed by atoms with Crippen LogP contribution >= 0.6 is 0 Å². The molecule has 100 valence electrons. The molecule has 0 N–H and O–H groups in total. The minimum Gasteiger partial charge on any atom is -0.485 e. The third-order valence-corrected chi connectivity index (χ3v) is 4.06. The number of aryl methyl sites for hydroxylation is 1. The molecule has 2 aliphatic rings. The average Bonchev–Trinajstić information content (AvgIpc) is 2.35. The molecule has 0 saturated heterocycles. The smallest absolute Gasteiger partial charge is 0.346 e. The van der Waals surface area contributed by atoms with Crippen molar-refractivity contribution in [2.75, 3.05) is 0 Å². The standard InChI is InChI=1S/C16H18O3/c1-9(2)11-4-5-12-7-13-15(19-14(12)8-11)6-10(3)18-16(13)17/h6-7,11,14H,1,4-5,8H2,2-3H3/t11-,14-/m0/s1. The van der Waals surface area contributed by atoms with Gasteiger partial charge < -0.3 is 9.15 Å². The van der Waals surface area contributed by atoms with Crippen LogP contribution in [0, 0.1) is 12.8 Å². The molecule has 2 atom stereocenters. The van der Waals surface area contributed by atoms with Crippen LogP contribution in [0.15, 0.2) is 33.0 Å². The molecule has 1 aliphatic carbocycles. The number of hydrogen-bond acceptors (Lipinski definition) is 3. The molecule has 1 aliphatic heterocycles. The van der Waals surface area contributed by atoms with Gasteiger partial charge in [0, 0.05) is 6.07 Å². The van der Waals surface area contributed by atoms with Crippen molar-refractivity contribution in [3.8, 4) is 5.75 Å². The van der Waals surface area contributed by atoms with Crippen molar-refractivity contribution in [3.05, 3.63) is 45.5 Å². The van der Waals surface area contributed by atoms with Crippen LogP contribution in [0.5, 0.6) is 5.75 Å². The molecule has 1 fully saturated rings. The highest BCUT2D eigenvalue weighted by Gasteiger charge is 2.31. The van der Waals surface area contributed by atoms with Gasteiger partial charge in [0.05, 0.1) is 0 Å². The summed E-state index contributed by atoms with van der Waals surface area (Å²) in [6, 6.07) is 1.80. The lowest BCUT2D eigenvalue weighted by molar-refractivity contribution is 0.176. The molecule has 3 rings (SSSR count). The van der Waals surface area contributed by atoms with Gasteiger partial charge in [-0.2, -0.15) is 0 Å². The van der Waals surface area contributed by atoms with E-state index in [1.807, 2.05) is 6.08 Å². The lowest BCUT2D eigenvalue weighted by Crippen LogP contribution is -2.31. The molecule has 19 heavy (non-hydrogen) atoms. The highest BCUT2D eigenvalue weighted by Crippen LogP contribution is 2.39. The fraction of sp³-hybridized carbons (Fsp3) is 0.438. The van der Waals surface area contributed by atoms with Crippen molar-refractivity contribution >= 4 is 6.08 Å². The first-order chi connectivity index (χ1) is 9.04. The third kappa shape index (κ3) is 2.14. The largest absolute Gasteiger partial charge is 0.485 e. The Bertz CT molecular complexity index is 621. The Labute approximate surface area is 112 Å². The molecule has 1 aromatic rings. The summed E-state index contributed by atoms with van der Waals surface area (Å²) in [6.45, 7) is 7.89. The fourth-order valence-electron chi connectivity index (χ4n) is 2.93. The van der Waals surface area contributed by atoms with Gasteiger partial charge in [0.25, 0.3) is 0 Å². The van der Waals surface area contributed by atoms with E-state index in [1.165, 1.54) is 11.1 Å². The number of hydrogen-bond donors (Lipinski definition) is 0. The van der Waals surface area contributed by atoms with E-state index in [0.29, 0.717) is 23.0 Å². The first-order valence-corrected chi connectivity index (χ1v) is 6.72. The molecule has 0 aromatic carbocycles. The van der Waals surface area contributed by atoms with Crippen LogP contribution in [0.4, 0.5) is 0 Å². The molecule has 1 saturated carbocycles. The van der Waals surface area contributed by atoms with Gasteiger partial charge in [-0.25, -0.2) is 4.79 Å². The molecule has 2 heterocycles. The Morgan fingerprint density at radius 3 is 3.00 bits per heavy atom. The van der Waals surface area contributed by atoms with Gasteiger partial charge in [0.1, 0.15) is 23.2 Å². The fourth-order valence-corrected chi connectivity index (χ4v) is 2.93. The molecular formula is C16H18O3. The molecule has 0 amide bonds. The lowest BCUT2D eigenvalue weighted by atomic mass is 9.79. The Balaban J connectivity index is 1.97. The van der Waals surface area contributed by atoms with Gasteiger partial charge >= 0.3 is 5.63 Å². The minimum atomic E-state index is -0.303. The summed E-state index contributed by atoms with van der Waals surface area (Å²) in [5.41, 5.74) is 2.69. The summed E-state index contributed by atoms with van der Waals surface area (Å²) in [6.07, 6.45) is 5.07. The second-order valence-electron chi connectivity index (χ2n) is 5.57. The van der Waals surface area contributed by atoms with Crippen molar-refractivity contribution < 1.29 is 9.15 Å². The van der Waals surface area contributed by atoms with Crippen LogP contribution in [0.3, 0.4) is 0 Å². The Morgan fingerprint density at radius 2 is 2.26 bits per heavy atom. The van der Waals surface area contributed by atoms with Crippen LogP contribution in [-0.4, -0.2) is 6.10 Å². The normalized spacial score (nSPS) is 24.8. The van der Waals surface area contributed by atoms with Crippen molar-refractivity contribution in [1.29, 1.82) is 0 Å². The van der Waals surface area contributed by atoms with Gasteiger partial charge in [0.2, 0.25) is 0 Å². The summed E-state index contributed by atoms with van der Waals surface area (Å²) in [5.74, 6) is 1.77. The number of fused-ring (bicyclic) bond motifs is 2. The summed E-state index contributed by atoms with van der Waals surface area (Å²) < 4.78 is 11.1. The maximum atomic E-state index is 11.8. The molecular weight excluding hydrogens is 240 g/mol. The van der Waals surface area contributed by atoms with Crippen molar-refractivity contribution in [2.45, 2.75) is 39.2 Å². The van der Waals surface area contributed by atoms with Crippen LogP contribution in [0.2, 0.25) is 0 Å². The summed E-state index contributed by atoms with van der Waals surface area (Å²) in [5, 5.41) is 0. The number of rotatable bonds is 1. The zero-order valence-electron chi connectivity index (χ0n) is 11.4. The highest BCUT2D eigenvalue weighted by molar-refractivity contribution is 5.62. The maximum absolute atomic E-state index is 11.8. The monoisotopic (exact) mass is 258 g/mol. The van der Waals surface area contributed by atoms with E-state index in [9.17, 15) is 4.79 Å². The Hall–Kier alpha value is -1.77. The number of allylic oxidation sites excluding steroid dienone is 1. The van der Waals surface area contributed by atoms with E-state index < -0.39 is 0 Å². The lowest BCUT2D eigenvalue weighted by Gasteiger charge is -2.34. The third-order valence-electron chi connectivity index (χ3n) is 4.06. The number of ether oxygens (including phenoxy) is 1. The highest BCUT2D eigenvalue weighted by atomic mass is 16.5. The summed E-state index contributed by atoms with van der Waals surface area (Å²) >= 11 is 0. The zero-order valence-corrected chi connectivity index (χ0v) is 11.4. The van der Waals surface area contributed by atoms with E-state index in [4.69, 9.17) is 9.15 Å². The average molecular weight is 258 g/mol. The Kier molecular flexibility index (Phi) is 2.85. The first kappa shape index (κ1) is 12.3. The second-order valence-corrected chi connectivity index (χ2v) is 5.57. The SMILES string of the molecule is C=C(C)[C@H]1CCC2=Cc3c(cc(C)oc3=O)O[C@H]2C1. The predicted octanol–water partition coefficient (Wildman–Crippen LogP) is 3.47. The van der Waals surface area contributed by atoms with Crippen LogP contribution in [-0.2, 0) is 0 Å². The quantitative estimate of drug-likeness (QED) is 0.724. The van der Waals surface area contributed by atoms with E-state index >= 15 is 0 Å². The van der Waals surface area contributed by atoms with E-state index in [0.717, 1.165) is 19.3 Å². The van der Waals surface area contributed by atoms with Crippen LogP contribution < -0.4 is 10.4 Å². The molecule has 0 bridgehead atoms. The van der Waals surface area contributed by atoms with E-state index in [-0.39, 0.29) is 11.7 Å². The van der Waals surface area contributed by atoms with Crippen molar-refractivity contribution in [2.24, 2.45) is 5.92 Å². The van der Waals surface area contributed by atoms with Crippen molar-refractivity contribution in [1.82, 2.24) is 0 Å². The zero-order chi connectivity index (χ0) is 13.6. The molecule has 0 spiro atoms. The van der Waals surface area contributed by atoms with E-state index in [2.05, 4.69) is 13.5 Å². The molecule has 1 aromatic heterocycles. The van der Waals surface area contributed by atoms with Gasteiger partial charge in [-0.05, 0) is 50.7 Å². The van der Waals surface area contributed by atoms with E-state index in [1.54, 1.807) is 13.0 Å². The van der Waals surface area contributed by atoms with Crippen LogP contribution in [0.1, 0.15) is 37.5 Å². The maximum Gasteiger partial charge on any atom is 0.346 e. The second kappa shape index (κ2) is 4.41. The van der Waals surface area contributed by atoms with Crippen molar-refractivity contribution in [3.63, 3.8) is 0 Å². The van der Waals surface area contributed by atoms with Gasteiger partial charge in [0.15, 0.2) is 0 Å². The molecule has 0 radical (unpaired) electrons. The molecule has 3 heteroatoms. The van der Waals surface area contributed by atoms with Gasteiger partial charge in [-0.1, -0.05) is 12.2 Å². The predicted molar refractivity (Wildman–Crippen MR) is 74.3 cm³/mol. The molecule has 0 unspecified atom stereocenters. The van der Waals surface area contributed by atoms with Crippen LogP contribution in [0.25, 0.3) is 6.08 Å². The topological polar surface area (TPSA) is 39.4 Å².